The van der Waals surface area contributed by atoms with E-state index in [9.17, 15) is 4.39 Å². The van der Waals surface area contributed by atoms with Crippen LogP contribution in [0.4, 0.5) is 4.39 Å². The molecule has 20 heavy (non-hydrogen) atoms. The average molecular weight is 282 g/mol. The molecular weight excluding hydrogens is 271 g/mol. The van der Waals surface area contributed by atoms with E-state index < -0.39 is 0 Å². The van der Waals surface area contributed by atoms with Crippen LogP contribution in [0.2, 0.25) is 5.02 Å². The van der Waals surface area contributed by atoms with Gasteiger partial charge < -0.3 is 0 Å². The van der Waals surface area contributed by atoms with E-state index >= 15 is 0 Å². The topological polar surface area (TPSA) is 0 Å². The highest BCUT2D eigenvalue weighted by molar-refractivity contribution is 6.34. The first-order valence-electron chi connectivity index (χ1n) is 6.27. The van der Waals surface area contributed by atoms with Crippen LogP contribution in [0, 0.1) is 11.9 Å². The summed E-state index contributed by atoms with van der Waals surface area (Å²) < 4.78 is 13.5. The smallest absolute Gasteiger partial charge is 0.123 e. The third-order valence-corrected chi connectivity index (χ3v) is 3.45. The molecule has 0 bridgehead atoms. The van der Waals surface area contributed by atoms with Gasteiger partial charge in [-0.2, -0.15) is 0 Å². The molecule has 0 spiro atoms. The molecule has 0 atom stereocenters. The van der Waals surface area contributed by atoms with Crippen molar-refractivity contribution in [1.29, 1.82) is 0 Å². The number of rotatable bonds is 2. The maximum absolute atomic E-state index is 13.5. The molecule has 0 N–H and O–H groups in total. The summed E-state index contributed by atoms with van der Waals surface area (Å²) in [5.74, 6) is -0.276. The van der Waals surface area contributed by atoms with Crippen LogP contribution in [0.1, 0.15) is 0 Å². The Bertz CT molecular complexity index is 735. The van der Waals surface area contributed by atoms with Crippen LogP contribution >= 0.6 is 11.6 Å². The summed E-state index contributed by atoms with van der Waals surface area (Å²) in [5.41, 5.74) is 3.58. The lowest BCUT2D eigenvalue weighted by atomic mass is 9.94. The maximum atomic E-state index is 13.5. The van der Waals surface area contributed by atoms with Gasteiger partial charge in [-0.1, -0.05) is 66.2 Å². The molecule has 0 amide bonds. The Morgan fingerprint density at radius 2 is 1.60 bits per heavy atom. The van der Waals surface area contributed by atoms with Crippen molar-refractivity contribution >= 4 is 11.6 Å². The lowest BCUT2D eigenvalue weighted by molar-refractivity contribution is 0.628. The lowest BCUT2D eigenvalue weighted by Crippen LogP contribution is -1.87. The molecule has 3 aromatic rings. The van der Waals surface area contributed by atoms with E-state index in [4.69, 9.17) is 11.6 Å². The summed E-state index contributed by atoms with van der Waals surface area (Å²) in [5, 5.41) is 0.497. The first kappa shape index (κ1) is 12.9. The molecule has 97 valence electrons. The average Bonchev–Trinajstić information content (AvgIpc) is 2.48. The fraction of sp³-hybridized carbons (Fsp3) is 0. The molecule has 3 rings (SSSR count). The summed E-state index contributed by atoms with van der Waals surface area (Å²) in [6, 6.07) is 23.1. The molecule has 0 aliphatic carbocycles. The highest BCUT2D eigenvalue weighted by Gasteiger charge is 2.11. The Labute approximate surface area is 122 Å². The molecule has 0 aromatic heterocycles. The van der Waals surface area contributed by atoms with Crippen molar-refractivity contribution in [1.82, 2.24) is 0 Å². The van der Waals surface area contributed by atoms with E-state index in [1.54, 1.807) is 12.1 Å². The fourth-order valence-corrected chi connectivity index (χ4v) is 2.53. The fourth-order valence-electron chi connectivity index (χ4n) is 2.26. The molecule has 2 heteroatoms. The standard InChI is InChI=1S/C18H11ClF/c19-17-11-5-10-16(13-6-2-1-3-7-13)18(17)14-8-4-9-15(20)12-14/h1-10,12H. The van der Waals surface area contributed by atoms with Gasteiger partial charge in [0.25, 0.3) is 0 Å². The molecule has 0 aliphatic heterocycles. The Hall–Kier alpha value is -2.12. The molecular formula is C18H11ClF. The van der Waals surface area contributed by atoms with E-state index in [1.807, 2.05) is 42.5 Å². The minimum atomic E-state index is -0.276. The zero-order valence-electron chi connectivity index (χ0n) is 10.6. The van der Waals surface area contributed by atoms with Crippen molar-refractivity contribution < 1.29 is 4.39 Å². The Kier molecular flexibility index (Phi) is 3.53. The van der Waals surface area contributed by atoms with Crippen molar-refractivity contribution in [2.45, 2.75) is 0 Å². The number of benzene rings is 3. The molecule has 0 fully saturated rings. The van der Waals surface area contributed by atoms with Crippen molar-refractivity contribution in [2.75, 3.05) is 0 Å². The lowest BCUT2D eigenvalue weighted by Gasteiger charge is -2.12. The van der Waals surface area contributed by atoms with Gasteiger partial charge in [0.05, 0.1) is 5.02 Å². The van der Waals surface area contributed by atoms with Gasteiger partial charge >= 0.3 is 0 Å². The maximum Gasteiger partial charge on any atom is 0.123 e. The van der Waals surface area contributed by atoms with Crippen LogP contribution in [-0.4, -0.2) is 0 Å². The van der Waals surface area contributed by atoms with E-state index in [2.05, 4.69) is 6.07 Å². The van der Waals surface area contributed by atoms with Crippen LogP contribution in [0.25, 0.3) is 22.3 Å². The quantitative estimate of drug-likeness (QED) is 0.572. The van der Waals surface area contributed by atoms with Gasteiger partial charge in [0.2, 0.25) is 0 Å². The monoisotopic (exact) mass is 281 g/mol. The Morgan fingerprint density at radius 3 is 2.35 bits per heavy atom. The first-order chi connectivity index (χ1) is 9.75. The molecule has 0 heterocycles. The van der Waals surface area contributed by atoms with Crippen LogP contribution in [0.5, 0.6) is 0 Å². The van der Waals surface area contributed by atoms with Gasteiger partial charge in [0.1, 0.15) is 5.82 Å². The molecule has 0 saturated carbocycles. The number of halogens is 2. The van der Waals surface area contributed by atoms with Gasteiger partial charge in [-0.15, -0.1) is 0 Å². The molecule has 3 aromatic carbocycles. The van der Waals surface area contributed by atoms with E-state index in [1.165, 1.54) is 12.1 Å². The molecule has 0 saturated heterocycles. The zero-order valence-corrected chi connectivity index (χ0v) is 11.4. The summed E-state index contributed by atoms with van der Waals surface area (Å²) in [7, 11) is 0. The molecule has 0 nitrogen and oxygen atoms in total. The summed E-state index contributed by atoms with van der Waals surface area (Å²) in [6.07, 6.45) is 0. The number of hydrogen-bond donors (Lipinski definition) is 0. The van der Waals surface area contributed by atoms with E-state index in [0.29, 0.717) is 5.02 Å². The molecule has 1 radical (unpaired) electrons. The number of hydrogen-bond acceptors (Lipinski definition) is 0. The Balaban J connectivity index is 2.25. The highest BCUT2D eigenvalue weighted by Crippen LogP contribution is 2.37. The normalized spacial score (nSPS) is 10.5. The third kappa shape index (κ3) is 2.45. The second-order valence-corrected chi connectivity index (χ2v) is 4.83. The van der Waals surface area contributed by atoms with E-state index in [-0.39, 0.29) is 5.82 Å². The van der Waals surface area contributed by atoms with E-state index in [0.717, 1.165) is 22.3 Å². The van der Waals surface area contributed by atoms with Crippen molar-refractivity contribution in [3.63, 3.8) is 0 Å². The van der Waals surface area contributed by atoms with Crippen LogP contribution in [0.15, 0.2) is 66.7 Å². The minimum absolute atomic E-state index is 0.276. The summed E-state index contributed by atoms with van der Waals surface area (Å²) >= 11 is 6.29. The van der Waals surface area contributed by atoms with Gasteiger partial charge in [0.15, 0.2) is 0 Å². The van der Waals surface area contributed by atoms with Gasteiger partial charge in [-0.05, 0) is 28.8 Å². The second-order valence-electron chi connectivity index (χ2n) is 4.46. The highest BCUT2D eigenvalue weighted by atomic mass is 35.5. The SMILES string of the molecule is Fc1cccc(-c2c(Cl)[c]ccc2-c2ccccc2)c1. The molecule has 0 unspecified atom stereocenters. The largest absolute Gasteiger partial charge is 0.207 e. The van der Waals surface area contributed by atoms with Crippen molar-refractivity contribution in [3.05, 3.63) is 83.6 Å². The van der Waals surface area contributed by atoms with Gasteiger partial charge in [-0.3, -0.25) is 0 Å². The first-order valence-corrected chi connectivity index (χ1v) is 6.65. The van der Waals surface area contributed by atoms with Crippen LogP contribution in [0.3, 0.4) is 0 Å². The predicted octanol–water partition coefficient (Wildman–Crippen LogP) is 5.61. The van der Waals surface area contributed by atoms with Crippen molar-refractivity contribution in [2.24, 2.45) is 0 Å². The Morgan fingerprint density at radius 1 is 0.850 bits per heavy atom. The van der Waals surface area contributed by atoms with Gasteiger partial charge in [-0.25, -0.2) is 4.39 Å². The minimum Gasteiger partial charge on any atom is -0.207 e. The molecule has 0 aliphatic rings. The second kappa shape index (κ2) is 5.48. The van der Waals surface area contributed by atoms with Crippen LogP contribution < -0.4 is 0 Å². The van der Waals surface area contributed by atoms with Crippen LogP contribution in [-0.2, 0) is 0 Å². The van der Waals surface area contributed by atoms with Crippen molar-refractivity contribution in [3.8, 4) is 22.3 Å². The van der Waals surface area contributed by atoms with Gasteiger partial charge in [0, 0.05) is 11.6 Å². The summed E-state index contributed by atoms with van der Waals surface area (Å²) in [6.45, 7) is 0. The third-order valence-electron chi connectivity index (χ3n) is 3.15. The predicted molar refractivity (Wildman–Crippen MR) is 81.1 cm³/mol. The summed E-state index contributed by atoms with van der Waals surface area (Å²) in [4.78, 5) is 0. The zero-order chi connectivity index (χ0) is 13.9.